The highest BCUT2D eigenvalue weighted by atomic mass is 79.9. The summed E-state index contributed by atoms with van der Waals surface area (Å²) < 4.78 is 32.4. The van der Waals surface area contributed by atoms with E-state index in [1.54, 1.807) is 36.6 Å². The number of nitrogens with zero attached hydrogens (tertiary/aromatic N) is 2. The number of halogens is 2. The van der Waals surface area contributed by atoms with Gasteiger partial charge in [0.05, 0.1) is 28.0 Å². The molecule has 0 bridgehead atoms. The number of para-hydroxylation sites is 1. The van der Waals surface area contributed by atoms with Crippen LogP contribution in [0.1, 0.15) is 24.1 Å². The second-order valence-electron chi connectivity index (χ2n) is 7.42. The minimum Gasteiger partial charge on any atom is -0.496 e. The molecule has 0 radical (unpaired) electrons. The molecular weight excluding hydrogens is 520 g/mol. The number of ether oxygens (including phenoxy) is 1. The van der Waals surface area contributed by atoms with Crippen LogP contribution in [0.25, 0.3) is 0 Å². The summed E-state index contributed by atoms with van der Waals surface area (Å²) in [6.45, 7) is 1.30. The van der Waals surface area contributed by atoms with Gasteiger partial charge < -0.3 is 9.64 Å². The fraction of sp³-hybridized carbons (Fsp3) is 0.318. The molecule has 1 aliphatic rings. The molecule has 4 rings (SSSR count). The van der Waals surface area contributed by atoms with Gasteiger partial charge in [-0.1, -0.05) is 45.7 Å². The van der Waals surface area contributed by atoms with E-state index in [0.29, 0.717) is 32.4 Å². The van der Waals surface area contributed by atoms with Crippen LogP contribution < -0.4 is 9.64 Å². The second-order valence-corrected chi connectivity index (χ2v) is 11.8. The van der Waals surface area contributed by atoms with Crippen molar-refractivity contribution < 1.29 is 13.2 Å². The Morgan fingerprint density at radius 2 is 1.97 bits per heavy atom. The summed E-state index contributed by atoms with van der Waals surface area (Å²) in [6.07, 6.45) is 1.81. The summed E-state index contributed by atoms with van der Waals surface area (Å²) in [6, 6.07) is 12.9. The smallest absolute Gasteiger partial charge is 0.185 e. The molecule has 0 saturated carbocycles. The average molecular weight is 542 g/mol. The monoisotopic (exact) mass is 540 g/mol. The van der Waals surface area contributed by atoms with Gasteiger partial charge in [0, 0.05) is 34.9 Å². The molecule has 0 atom stereocenters. The van der Waals surface area contributed by atoms with E-state index >= 15 is 0 Å². The summed E-state index contributed by atoms with van der Waals surface area (Å²) in [7, 11) is -1.80. The van der Waals surface area contributed by atoms with Crippen molar-refractivity contribution in [3.63, 3.8) is 0 Å². The van der Waals surface area contributed by atoms with Crippen LogP contribution in [0, 0.1) is 0 Å². The van der Waals surface area contributed by atoms with Crippen molar-refractivity contribution in [2.45, 2.75) is 29.4 Å². The molecular formula is C22H22BrClN2O3S2. The van der Waals surface area contributed by atoms with Gasteiger partial charge >= 0.3 is 0 Å². The van der Waals surface area contributed by atoms with Crippen LogP contribution in [0.5, 0.6) is 5.75 Å². The standard InChI is InChI=1S/C22H22BrClN2O3S2/c1-29-20-5-3-2-4-15(20)12-17-14-30-22(25-17)26-10-8-18(9-11-26)31(27,28)21-7-6-16(23)13-19(21)24/h2-7,13-14,18H,8-12H2,1H3. The van der Waals surface area contributed by atoms with Crippen molar-refractivity contribution >= 4 is 53.8 Å². The fourth-order valence-corrected chi connectivity index (χ4v) is 7.46. The van der Waals surface area contributed by atoms with E-state index in [0.717, 1.165) is 26.6 Å². The maximum Gasteiger partial charge on any atom is 0.185 e. The molecule has 0 unspecified atom stereocenters. The summed E-state index contributed by atoms with van der Waals surface area (Å²) in [5.41, 5.74) is 2.08. The first kappa shape index (κ1) is 22.6. The van der Waals surface area contributed by atoms with Crippen LogP contribution in [0.4, 0.5) is 5.13 Å². The zero-order valence-corrected chi connectivity index (χ0v) is 20.9. The lowest BCUT2D eigenvalue weighted by atomic mass is 10.1. The predicted molar refractivity (Wildman–Crippen MR) is 129 cm³/mol. The minimum atomic E-state index is -3.47. The van der Waals surface area contributed by atoms with Crippen LogP contribution in [0.15, 0.2) is 57.2 Å². The number of methoxy groups -OCH3 is 1. The molecule has 2 aromatic carbocycles. The number of thiazole rings is 1. The number of benzene rings is 2. The third kappa shape index (κ3) is 4.92. The van der Waals surface area contributed by atoms with Gasteiger partial charge in [-0.3, -0.25) is 0 Å². The van der Waals surface area contributed by atoms with Gasteiger partial charge in [0.25, 0.3) is 0 Å². The van der Waals surface area contributed by atoms with Crippen LogP contribution >= 0.6 is 38.9 Å². The highest BCUT2D eigenvalue weighted by molar-refractivity contribution is 9.10. The van der Waals surface area contributed by atoms with E-state index in [-0.39, 0.29) is 9.92 Å². The molecule has 1 fully saturated rings. The van der Waals surface area contributed by atoms with E-state index in [1.807, 2.05) is 24.3 Å². The molecule has 0 amide bonds. The Labute approximate surface area is 200 Å². The third-order valence-electron chi connectivity index (χ3n) is 5.46. The van der Waals surface area contributed by atoms with Gasteiger partial charge in [0.1, 0.15) is 5.75 Å². The van der Waals surface area contributed by atoms with Crippen molar-refractivity contribution in [3.8, 4) is 5.75 Å². The Bertz CT molecular complexity index is 1180. The zero-order chi connectivity index (χ0) is 22.0. The molecule has 1 saturated heterocycles. The number of aromatic nitrogens is 1. The largest absolute Gasteiger partial charge is 0.496 e. The van der Waals surface area contributed by atoms with Crippen molar-refractivity contribution in [1.82, 2.24) is 4.98 Å². The lowest BCUT2D eigenvalue weighted by Crippen LogP contribution is -2.39. The SMILES string of the molecule is COc1ccccc1Cc1csc(N2CCC(S(=O)(=O)c3ccc(Br)cc3Cl)CC2)n1. The third-order valence-corrected chi connectivity index (χ3v) is 9.64. The maximum absolute atomic E-state index is 13.1. The van der Waals surface area contributed by atoms with Crippen LogP contribution in [-0.4, -0.2) is 38.9 Å². The van der Waals surface area contributed by atoms with E-state index in [9.17, 15) is 8.42 Å². The van der Waals surface area contributed by atoms with Crippen molar-refractivity contribution in [1.29, 1.82) is 0 Å². The molecule has 0 spiro atoms. The van der Waals surface area contributed by atoms with E-state index in [2.05, 4.69) is 26.2 Å². The topological polar surface area (TPSA) is 59.5 Å². The van der Waals surface area contributed by atoms with Crippen LogP contribution in [0.2, 0.25) is 5.02 Å². The summed E-state index contributed by atoms with van der Waals surface area (Å²) in [4.78, 5) is 7.17. The van der Waals surface area contributed by atoms with Gasteiger partial charge in [-0.2, -0.15) is 0 Å². The van der Waals surface area contributed by atoms with Gasteiger partial charge in [-0.05, 0) is 37.1 Å². The number of rotatable bonds is 6. The van der Waals surface area contributed by atoms with Crippen molar-refractivity contribution in [2.75, 3.05) is 25.1 Å². The molecule has 31 heavy (non-hydrogen) atoms. The molecule has 0 aliphatic carbocycles. The fourth-order valence-electron chi connectivity index (χ4n) is 3.81. The zero-order valence-electron chi connectivity index (χ0n) is 16.9. The molecule has 1 aromatic heterocycles. The minimum absolute atomic E-state index is 0.212. The lowest BCUT2D eigenvalue weighted by molar-refractivity contribution is 0.410. The molecule has 1 aliphatic heterocycles. The molecule has 5 nitrogen and oxygen atoms in total. The summed E-state index contributed by atoms with van der Waals surface area (Å²) in [5.74, 6) is 0.856. The van der Waals surface area contributed by atoms with Crippen molar-refractivity contribution in [3.05, 3.63) is 68.6 Å². The maximum atomic E-state index is 13.1. The first-order valence-electron chi connectivity index (χ1n) is 9.88. The van der Waals surface area contributed by atoms with E-state index in [4.69, 9.17) is 21.3 Å². The molecule has 2 heterocycles. The Hall–Kier alpha value is -1.61. The Morgan fingerprint density at radius 3 is 2.68 bits per heavy atom. The van der Waals surface area contributed by atoms with Gasteiger partial charge in [0.15, 0.2) is 15.0 Å². The summed E-state index contributed by atoms with van der Waals surface area (Å²) >= 11 is 11.1. The van der Waals surface area contributed by atoms with E-state index < -0.39 is 15.1 Å². The highest BCUT2D eigenvalue weighted by Crippen LogP contribution is 2.33. The van der Waals surface area contributed by atoms with Crippen LogP contribution in [-0.2, 0) is 16.3 Å². The number of piperidine rings is 1. The Morgan fingerprint density at radius 1 is 1.23 bits per heavy atom. The first-order chi connectivity index (χ1) is 14.9. The number of sulfone groups is 1. The van der Waals surface area contributed by atoms with Gasteiger partial charge in [-0.25, -0.2) is 13.4 Å². The average Bonchev–Trinajstić information content (AvgIpc) is 3.22. The molecule has 3 aromatic rings. The van der Waals surface area contributed by atoms with Gasteiger partial charge in [-0.15, -0.1) is 11.3 Å². The number of anilines is 1. The molecule has 0 N–H and O–H groups in total. The summed E-state index contributed by atoms with van der Waals surface area (Å²) in [5, 5.41) is 2.82. The lowest BCUT2D eigenvalue weighted by Gasteiger charge is -2.31. The molecule has 164 valence electrons. The second kappa shape index (κ2) is 9.48. The molecule has 9 heteroatoms. The van der Waals surface area contributed by atoms with Crippen LogP contribution in [0.3, 0.4) is 0 Å². The van der Waals surface area contributed by atoms with Gasteiger partial charge in [0.2, 0.25) is 0 Å². The van der Waals surface area contributed by atoms with E-state index in [1.165, 1.54) is 0 Å². The Kier molecular flexibility index (Phi) is 6.91. The normalized spacial score (nSPS) is 15.3. The highest BCUT2D eigenvalue weighted by Gasteiger charge is 2.33. The number of hydrogen-bond acceptors (Lipinski definition) is 6. The Balaban J connectivity index is 1.42. The predicted octanol–water partition coefficient (Wildman–Crippen LogP) is 5.60. The number of hydrogen-bond donors (Lipinski definition) is 0. The first-order valence-corrected chi connectivity index (χ1v) is 13.5. The quantitative estimate of drug-likeness (QED) is 0.406. The van der Waals surface area contributed by atoms with Crippen molar-refractivity contribution in [2.24, 2.45) is 0 Å².